The summed E-state index contributed by atoms with van der Waals surface area (Å²) in [7, 11) is -2.16. The number of piperidine rings is 1. The fraction of sp³-hybridized carbons (Fsp3) is 0.467. The van der Waals surface area contributed by atoms with E-state index >= 15 is 0 Å². The number of rotatable bonds is 12. The predicted octanol–water partition coefficient (Wildman–Crippen LogP) is 4.56. The van der Waals surface area contributed by atoms with E-state index in [1.165, 1.54) is 19.2 Å². The number of nitrogens with one attached hydrogen (secondary N) is 2. The summed E-state index contributed by atoms with van der Waals surface area (Å²) >= 11 is 0. The van der Waals surface area contributed by atoms with Gasteiger partial charge in [-0.15, -0.1) is 0 Å². The van der Waals surface area contributed by atoms with Crippen LogP contribution in [0, 0.1) is 11.8 Å². The summed E-state index contributed by atoms with van der Waals surface area (Å²) < 4.78 is 101. The molecule has 15 heteroatoms. The number of ether oxygens (including phenoxy) is 2. The average molecular weight is 659 g/mol. The van der Waals surface area contributed by atoms with Crippen LogP contribution in [0.25, 0.3) is 10.9 Å². The second-order valence-electron chi connectivity index (χ2n) is 10.8. The molecule has 1 aliphatic rings. The highest BCUT2D eigenvalue weighted by molar-refractivity contribution is 7.90. The monoisotopic (exact) mass is 658 g/mol. The van der Waals surface area contributed by atoms with Crippen LogP contribution < -0.4 is 15.4 Å². The Morgan fingerprint density at radius 3 is 2.49 bits per heavy atom. The molecule has 2 aromatic carbocycles. The van der Waals surface area contributed by atoms with Crippen LogP contribution >= 0.6 is 0 Å². The van der Waals surface area contributed by atoms with Gasteiger partial charge in [-0.3, -0.25) is 0 Å². The average Bonchev–Trinajstić information content (AvgIpc) is 3.28. The van der Waals surface area contributed by atoms with Crippen LogP contribution in [0.15, 0.2) is 47.4 Å². The molecule has 3 N–H and O–H groups in total. The molecule has 1 atom stereocenters. The Morgan fingerprint density at radius 1 is 1.11 bits per heavy atom. The van der Waals surface area contributed by atoms with Crippen molar-refractivity contribution in [2.45, 2.75) is 49.2 Å². The Balaban J connectivity index is 1.53. The maximum atomic E-state index is 13.6. The summed E-state index contributed by atoms with van der Waals surface area (Å²) in [5.74, 6) is 5.07. The van der Waals surface area contributed by atoms with E-state index in [0.29, 0.717) is 23.1 Å². The summed E-state index contributed by atoms with van der Waals surface area (Å²) in [4.78, 5) is 1.93. The van der Waals surface area contributed by atoms with E-state index in [-0.39, 0.29) is 35.5 Å². The third-order valence-corrected chi connectivity index (χ3v) is 8.35. The van der Waals surface area contributed by atoms with E-state index in [9.17, 15) is 35.5 Å². The van der Waals surface area contributed by atoms with Gasteiger partial charge >= 0.3 is 12.8 Å². The number of aliphatic hydroxyl groups excluding tert-OH is 1. The normalized spacial score (nSPS) is 15.6. The lowest BCUT2D eigenvalue weighted by Crippen LogP contribution is -2.43. The number of alkyl halides is 5. The first-order chi connectivity index (χ1) is 21.2. The van der Waals surface area contributed by atoms with Crippen molar-refractivity contribution in [3.8, 4) is 17.6 Å². The second-order valence-corrected chi connectivity index (χ2v) is 12.8. The molecule has 1 saturated heterocycles. The van der Waals surface area contributed by atoms with Crippen LogP contribution in [-0.4, -0.2) is 94.1 Å². The van der Waals surface area contributed by atoms with Gasteiger partial charge in [0.1, 0.15) is 6.54 Å². The zero-order valence-corrected chi connectivity index (χ0v) is 25.5. The molecule has 1 aliphatic heterocycles. The van der Waals surface area contributed by atoms with Crippen molar-refractivity contribution in [2.75, 3.05) is 56.8 Å². The number of halogens is 5. The van der Waals surface area contributed by atoms with Gasteiger partial charge in [0.15, 0.2) is 15.6 Å². The number of fused-ring (bicyclic) bond motifs is 1. The van der Waals surface area contributed by atoms with Crippen molar-refractivity contribution in [1.82, 2.24) is 9.47 Å². The Bertz CT molecular complexity index is 1630. The molecule has 1 unspecified atom stereocenters. The van der Waals surface area contributed by atoms with Crippen molar-refractivity contribution in [1.29, 1.82) is 0 Å². The van der Waals surface area contributed by atoms with Crippen molar-refractivity contribution in [2.24, 2.45) is 0 Å². The van der Waals surface area contributed by atoms with Gasteiger partial charge in [-0.1, -0.05) is 12.0 Å². The fourth-order valence-corrected chi connectivity index (χ4v) is 5.87. The minimum absolute atomic E-state index is 0.0403. The van der Waals surface area contributed by atoms with Gasteiger partial charge in [0.25, 0.3) is 0 Å². The van der Waals surface area contributed by atoms with E-state index in [1.807, 2.05) is 0 Å². The highest BCUT2D eigenvalue weighted by Crippen LogP contribution is 2.32. The third kappa shape index (κ3) is 9.70. The number of aromatic nitrogens is 1. The number of nitrogens with zero attached hydrogens (tertiary/aromatic N) is 2. The molecule has 0 spiro atoms. The number of aliphatic hydroxyl groups is 1. The standard InChI is InChI=1S/C30H35F5N4O5S/c1-43-18-22(40)17-38-13-10-20(11-14-38)37-25-6-3-7-27-24(25)15-21(39(27)19-30(33,34)35)5-4-12-36-26-9-8-23(45(2,41)42)16-28(26)44-29(31)32/h3,6-9,15-16,20,22,29,36-37,40H,10-14,17-19H2,1-2H3. The van der Waals surface area contributed by atoms with E-state index < -0.39 is 41.0 Å². The van der Waals surface area contributed by atoms with Crippen molar-refractivity contribution < 1.29 is 45.0 Å². The molecule has 3 aromatic rings. The highest BCUT2D eigenvalue weighted by Gasteiger charge is 2.30. The Morgan fingerprint density at radius 2 is 1.84 bits per heavy atom. The van der Waals surface area contributed by atoms with Gasteiger partial charge in [-0.25, -0.2) is 8.42 Å². The molecular weight excluding hydrogens is 623 g/mol. The summed E-state index contributed by atoms with van der Waals surface area (Å²) in [6, 6.07) is 10.2. The third-order valence-electron chi connectivity index (χ3n) is 7.24. The largest absolute Gasteiger partial charge is 0.433 e. The van der Waals surface area contributed by atoms with Gasteiger partial charge in [0.2, 0.25) is 0 Å². The second kappa shape index (κ2) is 14.7. The van der Waals surface area contributed by atoms with Crippen LogP contribution in [0.5, 0.6) is 5.75 Å². The number of hydrogen-bond donors (Lipinski definition) is 3. The molecule has 0 aliphatic carbocycles. The molecule has 4 rings (SSSR count). The number of sulfone groups is 1. The molecule has 2 heterocycles. The van der Waals surface area contributed by atoms with Crippen LogP contribution in [-0.2, 0) is 21.1 Å². The first-order valence-corrected chi connectivity index (χ1v) is 16.0. The molecule has 9 nitrogen and oxygen atoms in total. The maximum Gasteiger partial charge on any atom is 0.406 e. The number of hydrogen-bond acceptors (Lipinski definition) is 8. The SMILES string of the molecule is COCC(O)CN1CCC(Nc2cccc3c2cc(C#CCNc2ccc(S(C)(=O)=O)cc2OC(F)F)n3CC(F)(F)F)CC1. The van der Waals surface area contributed by atoms with Crippen LogP contribution in [0.1, 0.15) is 18.5 Å². The van der Waals surface area contributed by atoms with Crippen molar-refractivity contribution in [3.05, 3.63) is 48.2 Å². The minimum Gasteiger partial charge on any atom is -0.433 e. The molecule has 45 heavy (non-hydrogen) atoms. The minimum atomic E-state index is -4.52. The quantitative estimate of drug-likeness (QED) is 0.192. The molecular formula is C30H35F5N4O5S. The molecule has 1 aromatic heterocycles. The van der Waals surface area contributed by atoms with Crippen molar-refractivity contribution >= 4 is 32.1 Å². The van der Waals surface area contributed by atoms with Crippen LogP contribution in [0.2, 0.25) is 0 Å². The Hall–Kier alpha value is -3.58. The first-order valence-electron chi connectivity index (χ1n) is 14.1. The molecule has 246 valence electrons. The number of anilines is 2. The van der Waals surface area contributed by atoms with E-state index in [2.05, 4.69) is 32.1 Å². The number of benzene rings is 2. The van der Waals surface area contributed by atoms with E-state index in [0.717, 1.165) is 42.8 Å². The summed E-state index contributed by atoms with van der Waals surface area (Å²) in [5.41, 5.74) is 1.17. The van der Waals surface area contributed by atoms with Gasteiger partial charge in [-0.05, 0) is 49.1 Å². The summed E-state index contributed by atoms with van der Waals surface area (Å²) in [5, 5.41) is 16.8. The lowest BCUT2D eigenvalue weighted by atomic mass is 10.0. The lowest BCUT2D eigenvalue weighted by Gasteiger charge is -2.34. The van der Waals surface area contributed by atoms with Gasteiger partial charge in [0, 0.05) is 56.2 Å². The maximum absolute atomic E-state index is 13.6. The summed E-state index contributed by atoms with van der Waals surface area (Å²) in [6.07, 6.45) is -2.62. The van der Waals surface area contributed by atoms with Crippen LogP contribution in [0.3, 0.4) is 0 Å². The predicted molar refractivity (Wildman–Crippen MR) is 161 cm³/mol. The number of methoxy groups -OCH3 is 1. The van der Waals surface area contributed by atoms with Gasteiger partial charge in [0.05, 0.1) is 41.0 Å². The lowest BCUT2D eigenvalue weighted by molar-refractivity contribution is -0.140. The van der Waals surface area contributed by atoms with Crippen molar-refractivity contribution in [3.63, 3.8) is 0 Å². The molecule has 0 radical (unpaired) electrons. The fourth-order valence-electron chi connectivity index (χ4n) is 5.23. The summed E-state index contributed by atoms with van der Waals surface area (Å²) in [6.45, 7) is -2.40. The molecule has 1 fully saturated rings. The molecule has 0 saturated carbocycles. The number of β-amino-alcohol motifs (C(OH)–C–C–N with tert-alkyl or cyclic N) is 1. The number of likely N-dealkylation sites (tertiary alicyclic amines) is 1. The molecule has 0 bridgehead atoms. The Kier molecular flexibility index (Phi) is 11.2. The van der Waals surface area contributed by atoms with Gasteiger partial charge < -0.3 is 34.7 Å². The zero-order valence-electron chi connectivity index (χ0n) is 24.7. The van der Waals surface area contributed by atoms with E-state index in [1.54, 1.807) is 24.3 Å². The zero-order chi connectivity index (χ0) is 32.8. The smallest absolute Gasteiger partial charge is 0.406 e. The molecule has 0 amide bonds. The highest BCUT2D eigenvalue weighted by atomic mass is 32.2. The van der Waals surface area contributed by atoms with Gasteiger partial charge in [-0.2, -0.15) is 22.0 Å². The first kappa shape index (κ1) is 34.3. The van der Waals surface area contributed by atoms with Crippen LogP contribution in [0.4, 0.5) is 33.3 Å². The Labute approximate surface area is 258 Å². The van der Waals surface area contributed by atoms with E-state index in [4.69, 9.17) is 4.74 Å². The topological polar surface area (TPSA) is 105 Å².